The van der Waals surface area contributed by atoms with E-state index in [9.17, 15) is 0 Å². The van der Waals surface area contributed by atoms with Crippen LogP contribution >= 0.6 is 11.3 Å². The van der Waals surface area contributed by atoms with E-state index in [1.54, 1.807) is 17.7 Å². The maximum Gasteiger partial charge on any atom is 0.147 e. The van der Waals surface area contributed by atoms with E-state index in [1.165, 1.54) is 12.0 Å². The SMILES string of the molecule is Cc1csc2c(NCC3CCC(N)C3)ncnc12. The second kappa shape index (κ2) is 4.82. The smallest absolute Gasteiger partial charge is 0.147 e. The Balaban J connectivity index is 1.74. The van der Waals surface area contributed by atoms with Crippen LogP contribution in [0.1, 0.15) is 24.8 Å². The van der Waals surface area contributed by atoms with E-state index >= 15 is 0 Å². The molecule has 96 valence electrons. The second-order valence-electron chi connectivity index (χ2n) is 5.14. The Labute approximate surface area is 111 Å². The van der Waals surface area contributed by atoms with Crippen molar-refractivity contribution in [3.8, 4) is 0 Å². The van der Waals surface area contributed by atoms with Crippen LogP contribution < -0.4 is 11.1 Å². The monoisotopic (exact) mass is 262 g/mol. The lowest BCUT2D eigenvalue weighted by Gasteiger charge is -2.11. The van der Waals surface area contributed by atoms with Crippen LogP contribution in [0.4, 0.5) is 5.82 Å². The lowest BCUT2D eigenvalue weighted by Crippen LogP contribution is -2.18. The number of aryl methyl sites for hydroxylation is 1. The highest BCUT2D eigenvalue weighted by Gasteiger charge is 2.21. The van der Waals surface area contributed by atoms with E-state index in [-0.39, 0.29) is 0 Å². The summed E-state index contributed by atoms with van der Waals surface area (Å²) in [4.78, 5) is 8.69. The quantitative estimate of drug-likeness (QED) is 0.892. The number of nitrogens with zero attached hydrogens (tertiary/aromatic N) is 2. The van der Waals surface area contributed by atoms with Gasteiger partial charge in [-0.15, -0.1) is 11.3 Å². The Hall–Kier alpha value is -1.20. The normalized spacial score (nSPS) is 23.7. The van der Waals surface area contributed by atoms with Gasteiger partial charge in [-0.2, -0.15) is 0 Å². The molecule has 2 unspecified atom stereocenters. The minimum atomic E-state index is 0.395. The number of nitrogens with two attached hydrogens (primary N) is 1. The fraction of sp³-hybridized carbons (Fsp3) is 0.538. The highest BCUT2D eigenvalue weighted by atomic mass is 32.1. The maximum atomic E-state index is 5.94. The van der Waals surface area contributed by atoms with Gasteiger partial charge in [-0.05, 0) is 43.0 Å². The number of anilines is 1. The average molecular weight is 262 g/mol. The second-order valence-corrected chi connectivity index (χ2v) is 6.02. The van der Waals surface area contributed by atoms with Gasteiger partial charge in [0.25, 0.3) is 0 Å². The molecule has 1 fully saturated rings. The van der Waals surface area contributed by atoms with Crippen LogP contribution in [0.3, 0.4) is 0 Å². The minimum absolute atomic E-state index is 0.395. The van der Waals surface area contributed by atoms with Gasteiger partial charge in [0.15, 0.2) is 0 Å². The summed E-state index contributed by atoms with van der Waals surface area (Å²) >= 11 is 1.71. The molecule has 5 heteroatoms. The Morgan fingerprint density at radius 1 is 1.44 bits per heavy atom. The molecule has 1 aliphatic rings. The zero-order chi connectivity index (χ0) is 12.5. The summed E-state index contributed by atoms with van der Waals surface area (Å²) in [5.41, 5.74) is 8.23. The van der Waals surface area contributed by atoms with Crippen molar-refractivity contribution < 1.29 is 0 Å². The van der Waals surface area contributed by atoms with E-state index < -0.39 is 0 Å². The van der Waals surface area contributed by atoms with Crippen LogP contribution in [0, 0.1) is 12.8 Å². The molecule has 3 N–H and O–H groups in total. The van der Waals surface area contributed by atoms with Gasteiger partial charge in [0, 0.05) is 12.6 Å². The molecular formula is C13H18N4S. The zero-order valence-electron chi connectivity index (χ0n) is 10.5. The molecule has 2 atom stereocenters. The number of aromatic nitrogens is 2. The predicted octanol–water partition coefficient (Wildman–Crippen LogP) is 2.54. The lowest BCUT2D eigenvalue weighted by molar-refractivity contribution is 0.565. The van der Waals surface area contributed by atoms with E-state index in [2.05, 4.69) is 27.6 Å². The first-order valence-electron chi connectivity index (χ1n) is 6.42. The third kappa shape index (κ3) is 2.20. The third-order valence-corrected chi connectivity index (χ3v) is 4.76. The number of rotatable bonds is 3. The largest absolute Gasteiger partial charge is 0.369 e. The summed E-state index contributed by atoms with van der Waals surface area (Å²) in [6, 6.07) is 0.395. The average Bonchev–Trinajstić information content (AvgIpc) is 2.94. The summed E-state index contributed by atoms with van der Waals surface area (Å²) < 4.78 is 1.16. The van der Waals surface area contributed by atoms with Gasteiger partial charge in [0.1, 0.15) is 12.1 Å². The molecule has 3 rings (SSSR count). The predicted molar refractivity (Wildman–Crippen MR) is 76.0 cm³/mol. The number of hydrogen-bond donors (Lipinski definition) is 2. The van der Waals surface area contributed by atoms with Gasteiger partial charge < -0.3 is 11.1 Å². The lowest BCUT2D eigenvalue weighted by atomic mass is 10.1. The molecule has 2 aromatic heterocycles. The fourth-order valence-electron chi connectivity index (χ4n) is 2.64. The van der Waals surface area contributed by atoms with Gasteiger partial charge in [-0.25, -0.2) is 9.97 Å². The molecule has 0 radical (unpaired) electrons. The molecular weight excluding hydrogens is 244 g/mol. The first-order valence-corrected chi connectivity index (χ1v) is 7.30. The van der Waals surface area contributed by atoms with Crippen molar-refractivity contribution in [1.29, 1.82) is 0 Å². The van der Waals surface area contributed by atoms with Crippen LogP contribution in [0.15, 0.2) is 11.7 Å². The van der Waals surface area contributed by atoms with Crippen molar-refractivity contribution >= 4 is 27.4 Å². The molecule has 2 aromatic rings. The first kappa shape index (κ1) is 11.9. The number of nitrogens with one attached hydrogen (secondary N) is 1. The van der Waals surface area contributed by atoms with Crippen LogP contribution in [0.2, 0.25) is 0 Å². The number of fused-ring (bicyclic) bond motifs is 1. The molecule has 0 bridgehead atoms. The van der Waals surface area contributed by atoms with Crippen LogP contribution in [-0.2, 0) is 0 Å². The molecule has 4 nitrogen and oxygen atoms in total. The number of thiophene rings is 1. The van der Waals surface area contributed by atoms with Gasteiger partial charge in [-0.3, -0.25) is 0 Å². The van der Waals surface area contributed by atoms with Crippen molar-refractivity contribution in [2.24, 2.45) is 11.7 Å². The topological polar surface area (TPSA) is 63.8 Å². The summed E-state index contributed by atoms with van der Waals surface area (Å²) in [5.74, 6) is 1.66. The van der Waals surface area contributed by atoms with E-state index in [1.807, 2.05) is 0 Å². The Kier molecular flexibility index (Phi) is 3.18. The first-order chi connectivity index (χ1) is 8.74. The summed E-state index contributed by atoms with van der Waals surface area (Å²) in [6.07, 6.45) is 5.16. The maximum absolute atomic E-state index is 5.94. The Morgan fingerprint density at radius 2 is 2.33 bits per heavy atom. The summed E-state index contributed by atoms with van der Waals surface area (Å²) in [6.45, 7) is 3.06. The van der Waals surface area contributed by atoms with Crippen LogP contribution in [0.5, 0.6) is 0 Å². The summed E-state index contributed by atoms with van der Waals surface area (Å²) in [5, 5.41) is 5.60. The van der Waals surface area contributed by atoms with Crippen molar-refractivity contribution in [1.82, 2.24) is 9.97 Å². The minimum Gasteiger partial charge on any atom is -0.369 e. The number of hydrogen-bond acceptors (Lipinski definition) is 5. The third-order valence-electron chi connectivity index (χ3n) is 3.67. The fourth-order valence-corrected chi connectivity index (χ4v) is 3.60. The van der Waals surface area contributed by atoms with Gasteiger partial charge in [0.05, 0.1) is 10.2 Å². The molecule has 0 saturated heterocycles. The van der Waals surface area contributed by atoms with Gasteiger partial charge in [0.2, 0.25) is 0 Å². The van der Waals surface area contributed by atoms with Crippen LogP contribution in [0.25, 0.3) is 10.2 Å². The molecule has 18 heavy (non-hydrogen) atoms. The molecule has 2 heterocycles. The molecule has 0 aromatic carbocycles. The molecule has 0 amide bonds. The summed E-state index contributed by atoms with van der Waals surface area (Å²) in [7, 11) is 0. The van der Waals surface area contributed by atoms with Crippen molar-refractivity contribution in [2.75, 3.05) is 11.9 Å². The van der Waals surface area contributed by atoms with E-state index in [0.717, 1.165) is 35.4 Å². The molecule has 0 aliphatic heterocycles. The van der Waals surface area contributed by atoms with E-state index in [0.29, 0.717) is 12.0 Å². The van der Waals surface area contributed by atoms with Crippen molar-refractivity contribution in [3.63, 3.8) is 0 Å². The van der Waals surface area contributed by atoms with Crippen LogP contribution in [-0.4, -0.2) is 22.6 Å². The van der Waals surface area contributed by atoms with Crippen molar-refractivity contribution in [3.05, 3.63) is 17.3 Å². The molecule has 1 saturated carbocycles. The Bertz CT molecular complexity index is 551. The molecule has 0 spiro atoms. The standard InChI is InChI=1S/C13H18N4S/c1-8-6-18-12-11(8)16-7-17-13(12)15-5-9-2-3-10(14)4-9/h6-7,9-10H,2-5,14H2,1H3,(H,15,16,17). The highest BCUT2D eigenvalue weighted by Crippen LogP contribution is 2.30. The zero-order valence-corrected chi connectivity index (χ0v) is 11.3. The van der Waals surface area contributed by atoms with E-state index in [4.69, 9.17) is 5.73 Å². The molecule has 1 aliphatic carbocycles. The highest BCUT2D eigenvalue weighted by molar-refractivity contribution is 7.18. The van der Waals surface area contributed by atoms with Gasteiger partial charge >= 0.3 is 0 Å². The van der Waals surface area contributed by atoms with Gasteiger partial charge in [-0.1, -0.05) is 0 Å². The van der Waals surface area contributed by atoms with Crippen molar-refractivity contribution in [2.45, 2.75) is 32.2 Å². The Morgan fingerprint density at radius 3 is 3.11 bits per heavy atom.